The molecule has 0 bridgehead atoms. The molecule has 96 valence electrons. The third kappa shape index (κ3) is 4.06. The lowest BCUT2D eigenvalue weighted by Gasteiger charge is -2.09. The van der Waals surface area contributed by atoms with Crippen LogP contribution in [0.15, 0.2) is 24.3 Å². The van der Waals surface area contributed by atoms with Gasteiger partial charge in [0.1, 0.15) is 5.75 Å². The minimum Gasteiger partial charge on any atom is -0.493 e. The Morgan fingerprint density at radius 1 is 1.33 bits per heavy atom. The Morgan fingerprint density at radius 2 is 2.17 bits per heavy atom. The zero-order valence-corrected chi connectivity index (χ0v) is 10.4. The Kier molecular flexibility index (Phi) is 5.07. The van der Waals surface area contributed by atoms with Crippen molar-refractivity contribution in [2.75, 3.05) is 26.4 Å². The van der Waals surface area contributed by atoms with E-state index >= 15 is 0 Å². The SMILES string of the molecule is OCCC#Cc1ccc(OCC2CCOC2)cc1. The molecular weight excluding hydrogens is 228 g/mol. The normalized spacial score (nSPS) is 18.2. The van der Waals surface area contributed by atoms with Crippen molar-refractivity contribution < 1.29 is 14.6 Å². The van der Waals surface area contributed by atoms with Gasteiger partial charge in [-0.2, -0.15) is 0 Å². The van der Waals surface area contributed by atoms with Crippen LogP contribution in [0.4, 0.5) is 0 Å². The summed E-state index contributed by atoms with van der Waals surface area (Å²) in [6.07, 6.45) is 1.60. The standard InChI is InChI=1S/C15H18O3/c16-9-2-1-3-13-4-6-15(7-5-13)18-12-14-8-10-17-11-14/h4-7,14,16H,2,8-12H2. The molecule has 1 aliphatic rings. The van der Waals surface area contributed by atoms with Crippen molar-refractivity contribution in [1.29, 1.82) is 0 Å². The molecule has 1 aromatic rings. The Bertz CT molecular complexity index is 408. The van der Waals surface area contributed by atoms with Gasteiger partial charge < -0.3 is 14.6 Å². The van der Waals surface area contributed by atoms with Gasteiger partial charge in [0.25, 0.3) is 0 Å². The lowest BCUT2D eigenvalue weighted by Crippen LogP contribution is -2.11. The summed E-state index contributed by atoms with van der Waals surface area (Å²) in [6.45, 7) is 2.49. The van der Waals surface area contributed by atoms with Crippen molar-refractivity contribution in [3.63, 3.8) is 0 Å². The molecule has 0 aliphatic carbocycles. The van der Waals surface area contributed by atoms with E-state index in [9.17, 15) is 0 Å². The molecule has 18 heavy (non-hydrogen) atoms. The van der Waals surface area contributed by atoms with Crippen LogP contribution < -0.4 is 4.74 Å². The second kappa shape index (κ2) is 7.05. The molecule has 3 heteroatoms. The van der Waals surface area contributed by atoms with E-state index in [-0.39, 0.29) is 6.61 Å². The molecule has 1 saturated heterocycles. The first-order chi connectivity index (χ1) is 8.88. The van der Waals surface area contributed by atoms with Gasteiger partial charge in [0.15, 0.2) is 0 Å². The van der Waals surface area contributed by atoms with Gasteiger partial charge in [-0.05, 0) is 30.7 Å². The molecule has 1 heterocycles. The summed E-state index contributed by atoms with van der Waals surface area (Å²) in [5, 5.41) is 8.63. The zero-order valence-electron chi connectivity index (χ0n) is 10.4. The second-order valence-corrected chi connectivity index (χ2v) is 4.34. The van der Waals surface area contributed by atoms with Crippen LogP contribution >= 0.6 is 0 Å². The van der Waals surface area contributed by atoms with Crippen LogP contribution in [0.5, 0.6) is 5.75 Å². The number of hydrogen-bond donors (Lipinski definition) is 1. The lowest BCUT2D eigenvalue weighted by molar-refractivity contribution is 0.167. The van der Waals surface area contributed by atoms with Gasteiger partial charge in [0.2, 0.25) is 0 Å². The van der Waals surface area contributed by atoms with Gasteiger partial charge in [-0.3, -0.25) is 0 Å². The van der Waals surface area contributed by atoms with Gasteiger partial charge in [0.05, 0.1) is 19.8 Å². The number of aliphatic hydroxyl groups is 1. The number of ether oxygens (including phenoxy) is 2. The minimum atomic E-state index is 0.109. The van der Waals surface area contributed by atoms with E-state index in [2.05, 4.69) is 11.8 Å². The van der Waals surface area contributed by atoms with Crippen LogP contribution in [0.3, 0.4) is 0 Å². The Hall–Kier alpha value is -1.50. The second-order valence-electron chi connectivity index (χ2n) is 4.34. The smallest absolute Gasteiger partial charge is 0.119 e. The Labute approximate surface area is 108 Å². The molecule has 1 aromatic carbocycles. The van der Waals surface area contributed by atoms with Crippen LogP contribution in [-0.2, 0) is 4.74 Å². The third-order valence-electron chi connectivity index (χ3n) is 2.83. The van der Waals surface area contributed by atoms with Gasteiger partial charge in [0, 0.05) is 24.5 Å². The highest BCUT2D eigenvalue weighted by Gasteiger charge is 2.15. The Morgan fingerprint density at radius 3 is 2.83 bits per heavy atom. The highest BCUT2D eigenvalue weighted by atomic mass is 16.5. The number of benzene rings is 1. The van der Waals surface area contributed by atoms with Crippen molar-refractivity contribution in [1.82, 2.24) is 0 Å². The molecule has 1 aliphatic heterocycles. The summed E-state index contributed by atoms with van der Waals surface area (Å²) < 4.78 is 11.0. The van der Waals surface area contributed by atoms with E-state index in [1.807, 2.05) is 24.3 Å². The van der Waals surface area contributed by atoms with E-state index in [1.54, 1.807) is 0 Å². The quantitative estimate of drug-likeness (QED) is 0.824. The van der Waals surface area contributed by atoms with Crippen molar-refractivity contribution in [3.8, 4) is 17.6 Å². The summed E-state index contributed by atoms with van der Waals surface area (Å²) in [7, 11) is 0. The van der Waals surface area contributed by atoms with Crippen LogP contribution in [-0.4, -0.2) is 31.5 Å². The van der Waals surface area contributed by atoms with Gasteiger partial charge in [-0.15, -0.1) is 0 Å². The fourth-order valence-corrected chi connectivity index (χ4v) is 1.78. The van der Waals surface area contributed by atoms with E-state index in [0.717, 1.165) is 37.6 Å². The summed E-state index contributed by atoms with van der Waals surface area (Å²) in [6, 6.07) is 7.73. The highest BCUT2D eigenvalue weighted by molar-refractivity contribution is 5.38. The van der Waals surface area contributed by atoms with Crippen LogP contribution in [0.2, 0.25) is 0 Å². The molecule has 0 radical (unpaired) electrons. The molecule has 0 aromatic heterocycles. The average Bonchev–Trinajstić information content (AvgIpc) is 2.91. The number of rotatable bonds is 4. The molecule has 0 amide bonds. The first-order valence-corrected chi connectivity index (χ1v) is 6.29. The molecule has 1 atom stereocenters. The maximum absolute atomic E-state index is 8.63. The van der Waals surface area contributed by atoms with Crippen molar-refractivity contribution in [2.24, 2.45) is 5.92 Å². The summed E-state index contributed by atoms with van der Waals surface area (Å²) >= 11 is 0. The van der Waals surface area contributed by atoms with E-state index < -0.39 is 0 Å². The topological polar surface area (TPSA) is 38.7 Å². The number of hydrogen-bond acceptors (Lipinski definition) is 3. The van der Waals surface area contributed by atoms with Crippen LogP contribution in [0.1, 0.15) is 18.4 Å². The number of aliphatic hydroxyl groups excluding tert-OH is 1. The van der Waals surface area contributed by atoms with Crippen molar-refractivity contribution in [2.45, 2.75) is 12.8 Å². The minimum absolute atomic E-state index is 0.109. The largest absolute Gasteiger partial charge is 0.493 e. The first kappa shape index (κ1) is 12.9. The first-order valence-electron chi connectivity index (χ1n) is 6.29. The predicted molar refractivity (Wildman–Crippen MR) is 69.4 cm³/mol. The maximum atomic E-state index is 8.63. The molecule has 1 N–H and O–H groups in total. The predicted octanol–water partition coefficient (Wildman–Crippen LogP) is 1.84. The molecule has 1 unspecified atom stereocenters. The molecular formula is C15H18O3. The lowest BCUT2D eigenvalue weighted by atomic mass is 10.1. The summed E-state index contributed by atoms with van der Waals surface area (Å²) in [5.41, 5.74) is 0.944. The van der Waals surface area contributed by atoms with Gasteiger partial charge in [-0.1, -0.05) is 11.8 Å². The monoisotopic (exact) mass is 246 g/mol. The van der Waals surface area contributed by atoms with Gasteiger partial charge in [-0.25, -0.2) is 0 Å². The summed E-state index contributed by atoms with van der Waals surface area (Å²) in [5.74, 6) is 7.27. The Balaban J connectivity index is 1.81. The van der Waals surface area contributed by atoms with E-state index in [4.69, 9.17) is 14.6 Å². The van der Waals surface area contributed by atoms with E-state index in [0.29, 0.717) is 12.3 Å². The molecule has 3 nitrogen and oxygen atoms in total. The maximum Gasteiger partial charge on any atom is 0.119 e. The fraction of sp³-hybridized carbons (Fsp3) is 0.467. The molecule has 2 rings (SSSR count). The van der Waals surface area contributed by atoms with E-state index in [1.165, 1.54) is 0 Å². The van der Waals surface area contributed by atoms with Gasteiger partial charge >= 0.3 is 0 Å². The third-order valence-corrected chi connectivity index (χ3v) is 2.83. The average molecular weight is 246 g/mol. The summed E-state index contributed by atoms with van der Waals surface area (Å²) in [4.78, 5) is 0. The van der Waals surface area contributed by atoms with Crippen molar-refractivity contribution in [3.05, 3.63) is 29.8 Å². The zero-order chi connectivity index (χ0) is 12.6. The van der Waals surface area contributed by atoms with Crippen LogP contribution in [0, 0.1) is 17.8 Å². The van der Waals surface area contributed by atoms with Crippen LogP contribution in [0.25, 0.3) is 0 Å². The fourth-order valence-electron chi connectivity index (χ4n) is 1.78. The highest BCUT2D eigenvalue weighted by Crippen LogP contribution is 2.16. The molecule has 0 saturated carbocycles. The molecule has 1 fully saturated rings. The van der Waals surface area contributed by atoms with Crippen molar-refractivity contribution >= 4 is 0 Å². The molecule has 0 spiro atoms.